The van der Waals surface area contributed by atoms with Gasteiger partial charge in [0.25, 0.3) is 0 Å². The third kappa shape index (κ3) is 4.04. The van der Waals surface area contributed by atoms with Crippen LogP contribution >= 0.6 is 11.8 Å². The molecule has 0 atom stereocenters. The first-order valence-corrected chi connectivity index (χ1v) is 9.04. The normalized spacial score (nSPS) is 14.8. The number of nitrogens with two attached hydrogens (primary N) is 1. The Balaban J connectivity index is 1.84. The van der Waals surface area contributed by atoms with Gasteiger partial charge in [-0.05, 0) is 36.6 Å². The number of nitrogens with one attached hydrogen (secondary N) is 1. The van der Waals surface area contributed by atoms with Gasteiger partial charge in [0, 0.05) is 41.4 Å². The summed E-state index contributed by atoms with van der Waals surface area (Å²) in [5, 5.41) is 8.92. The highest BCUT2D eigenvalue weighted by Crippen LogP contribution is 2.29. The van der Waals surface area contributed by atoms with E-state index in [4.69, 9.17) is 11.1 Å². The Bertz CT molecular complexity index is 822. The van der Waals surface area contributed by atoms with Crippen molar-refractivity contribution >= 4 is 29.0 Å². The number of hydrogen-bond acceptors (Lipinski definition) is 6. The molecule has 0 spiro atoms. The summed E-state index contributed by atoms with van der Waals surface area (Å²) in [4.78, 5) is 6.40. The first-order chi connectivity index (χ1) is 12.3. The molecule has 1 saturated heterocycles. The second-order valence-electron chi connectivity index (χ2n) is 5.84. The zero-order valence-electron chi connectivity index (χ0n) is 13.9. The van der Waals surface area contributed by atoms with Gasteiger partial charge in [0.15, 0.2) is 0 Å². The van der Waals surface area contributed by atoms with Gasteiger partial charge >= 0.3 is 6.36 Å². The Labute approximate surface area is 152 Å². The van der Waals surface area contributed by atoms with Crippen molar-refractivity contribution < 1.29 is 17.9 Å². The van der Waals surface area contributed by atoms with Gasteiger partial charge in [0.1, 0.15) is 11.6 Å². The zero-order valence-corrected chi connectivity index (χ0v) is 14.7. The fourth-order valence-corrected chi connectivity index (χ4v) is 3.28. The molecule has 1 fully saturated rings. The van der Waals surface area contributed by atoms with Gasteiger partial charge in [0.05, 0.1) is 5.71 Å². The van der Waals surface area contributed by atoms with E-state index in [9.17, 15) is 13.2 Å². The third-order valence-corrected chi connectivity index (χ3v) is 5.03. The summed E-state index contributed by atoms with van der Waals surface area (Å²) in [6.45, 7) is 1.75. The molecule has 26 heavy (non-hydrogen) atoms. The number of anilines is 2. The number of aromatic nitrogens is 1. The van der Waals surface area contributed by atoms with Gasteiger partial charge < -0.3 is 15.4 Å². The molecule has 1 aromatic heterocycles. The molecule has 3 N–H and O–H groups in total. The standard InChI is InChI=1S/C17H17F3N4OS/c1-26-12-8-24(9-12)15-6-10(4-5-23-15)16(22)13-7-11(2-3-14(13)21)25-17(18,19)20/h2-7,12,22H,8-9,21H2,1H3. The lowest BCUT2D eigenvalue weighted by Gasteiger charge is -2.39. The number of thioether (sulfide) groups is 1. The number of alkyl halides is 3. The number of hydrogen-bond donors (Lipinski definition) is 2. The highest BCUT2D eigenvalue weighted by molar-refractivity contribution is 7.99. The smallest absolute Gasteiger partial charge is 0.406 e. The molecule has 0 amide bonds. The van der Waals surface area contributed by atoms with E-state index in [0.717, 1.165) is 31.0 Å². The van der Waals surface area contributed by atoms with Crippen LogP contribution in [0.1, 0.15) is 11.1 Å². The van der Waals surface area contributed by atoms with Crippen LogP contribution in [-0.2, 0) is 0 Å². The maximum atomic E-state index is 12.4. The van der Waals surface area contributed by atoms with Crippen molar-refractivity contribution in [1.82, 2.24) is 4.98 Å². The van der Waals surface area contributed by atoms with Crippen molar-refractivity contribution in [3.63, 3.8) is 0 Å². The van der Waals surface area contributed by atoms with Crippen LogP contribution in [0.15, 0.2) is 36.5 Å². The summed E-state index contributed by atoms with van der Waals surface area (Å²) in [7, 11) is 0. The maximum absolute atomic E-state index is 12.4. The van der Waals surface area contributed by atoms with E-state index in [0.29, 0.717) is 10.8 Å². The molecule has 1 aliphatic heterocycles. The van der Waals surface area contributed by atoms with Gasteiger partial charge in [-0.2, -0.15) is 11.8 Å². The Morgan fingerprint density at radius 2 is 2.04 bits per heavy atom. The first kappa shape index (κ1) is 18.4. The maximum Gasteiger partial charge on any atom is 0.573 e. The number of nitrogens with zero attached hydrogens (tertiary/aromatic N) is 2. The summed E-state index contributed by atoms with van der Waals surface area (Å²) < 4.78 is 41.2. The SMILES string of the molecule is CSC1CN(c2cc(C(=N)c3cc(OC(F)(F)F)ccc3N)ccn2)C1. The summed E-state index contributed by atoms with van der Waals surface area (Å²) in [6, 6.07) is 6.93. The molecule has 5 nitrogen and oxygen atoms in total. The van der Waals surface area contributed by atoms with E-state index in [2.05, 4.69) is 20.9 Å². The Kier molecular flexibility index (Phi) is 4.99. The largest absolute Gasteiger partial charge is 0.573 e. The summed E-state index contributed by atoms with van der Waals surface area (Å²) in [5.74, 6) is 0.324. The Morgan fingerprint density at radius 3 is 2.69 bits per heavy atom. The van der Waals surface area contributed by atoms with Crippen molar-refractivity contribution in [3.05, 3.63) is 47.7 Å². The van der Waals surface area contributed by atoms with Crippen LogP contribution in [-0.4, -0.2) is 41.7 Å². The highest BCUT2D eigenvalue weighted by atomic mass is 32.2. The van der Waals surface area contributed by atoms with Gasteiger partial charge in [-0.25, -0.2) is 4.98 Å². The van der Waals surface area contributed by atoms with Crippen molar-refractivity contribution in [2.75, 3.05) is 30.0 Å². The highest BCUT2D eigenvalue weighted by Gasteiger charge is 2.31. The minimum Gasteiger partial charge on any atom is -0.406 e. The first-order valence-electron chi connectivity index (χ1n) is 7.75. The lowest BCUT2D eigenvalue weighted by molar-refractivity contribution is -0.274. The molecule has 2 heterocycles. The lowest BCUT2D eigenvalue weighted by atomic mass is 10.0. The van der Waals surface area contributed by atoms with Crippen molar-refractivity contribution in [1.29, 1.82) is 5.41 Å². The van der Waals surface area contributed by atoms with Gasteiger partial charge in [-0.3, -0.25) is 5.41 Å². The van der Waals surface area contributed by atoms with Crippen LogP contribution in [0.25, 0.3) is 0 Å². The number of ether oxygens (including phenoxy) is 1. The fourth-order valence-electron chi connectivity index (χ4n) is 2.63. The van der Waals surface area contributed by atoms with E-state index >= 15 is 0 Å². The Hall–Kier alpha value is -2.42. The quantitative estimate of drug-likeness (QED) is 0.611. The topological polar surface area (TPSA) is 75.2 Å². The molecule has 0 bridgehead atoms. The van der Waals surface area contributed by atoms with Gasteiger partial charge in [0.2, 0.25) is 0 Å². The van der Waals surface area contributed by atoms with Crippen LogP contribution < -0.4 is 15.4 Å². The number of pyridine rings is 1. The Morgan fingerprint density at radius 1 is 1.31 bits per heavy atom. The van der Waals surface area contributed by atoms with E-state index in [1.807, 2.05) is 0 Å². The molecule has 2 aromatic rings. The van der Waals surface area contributed by atoms with Gasteiger partial charge in [-0.15, -0.1) is 13.2 Å². The summed E-state index contributed by atoms with van der Waals surface area (Å²) in [5.41, 5.74) is 6.78. The predicted octanol–water partition coefficient (Wildman–Crippen LogP) is 3.53. The number of rotatable bonds is 5. The van der Waals surface area contributed by atoms with Crippen LogP contribution in [0, 0.1) is 5.41 Å². The minimum absolute atomic E-state index is 0.0146. The number of nitrogen functional groups attached to an aromatic ring is 1. The fraction of sp³-hybridized carbons (Fsp3) is 0.294. The van der Waals surface area contributed by atoms with Crippen molar-refractivity contribution in [2.24, 2.45) is 0 Å². The number of benzene rings is 1. The van der Waals surface area contributed by atoms with Crippen LogP contribution in [0.3, 0.4) is 0 Å². The monoisotopic (exact) mass is 382 g/mol. The lowest BCUT2D eigenvalue weighted by Crippen LogP contribution is -2.49. The van der Waals surface area contributed by atoms with Crippen LogP contribution in [0.5, 0.6) is 5.75 Å². The molecule has 3 rings (SSSR count). The second kappa shape index (κ2) is 7.06. The summed E-state index contributed by atoms with van der Waals surface area (Å²) in [6.07, 6.45) is -1.16. The van der Waals surface area contributed by atoms with Crippen LogP contribution in [0.2, 0.25) is 0 Å². The van der Waals surface area contributed by atoms with E-state index < -0.39 is 12.1 Å². The van der Waals surface area contributed by atoms with E-state index in [1.54, 1.807) is 30.1 Å². The molecule has 0 saturated carbocycles. The zero-order chi connectivity index (χ0) is 18.9. The molecule has 0 aliphatic carbocycles. The minimum atomic E-state index is -4.80. The molecule has 1 aromatic carbocycles. The molecule has 9 heteroatoms. The molecule has 138 valence electrons. The van der Waals surface area contributed by atoms with Crippen molar-refractivity contribution in [2.45, 2.75) is 11.6 Å². The average molecular weight is 382 g/mol. The van der Waals surface area contributed by atoms with Gasteiger partial charge in [-0.1, -0.05) is 0 Å². The van der Waals surface area contributed by atoms with E-state index in [1.165, 1.54) is 6.07 Å². The van der Waals surface area contributed by atoms with Crippen LogP contribution in [0.4, 0.5) is 24.7 Å². The number of halogens is 3. The molecule has 0 unspecified atom stereocenters. The molecular weight excluding hydrogens is 365 g/mol. The van der Waals surface area contributed by atoms with Crippen molar-refractivity contribution in [3.8, 4) is 5.75 Å². The van der Waals surface area contributed by atoms with E-state index in [-0.39, 0.29) is 17.0 Å². The predicted molar refractivity (Wildman–Crippen MR) is 97.2 cm³/mol. The molecule has 1 aliphatic rings. The molecular formula is C17H17F3N4OS. The molecule has 0 radical (unpaired) electrons. The average Bonchev–Trinajstić information content (AvgIpc) is 2.54. The third-order valence-electron chi connectivity index (χ3n) is 4.07. The second-order valence-corrected chi connectivity index (χ2v) is 6.98. The summed E-state index contributed by atoms with van der Waals surface area (Å²) >= 11 is 1.79.